The largest absolute Gasteiger partial charge is 0.462 e. The Morgan fingerprint density at radius 1 is 1.04 bits per heavy atom. The van der Waals surface area contributed by atoms with Crippen molar-refractivity contribution in [3.05, 3.63) is 64.7 Å². The topological polar surface area (TPSA) is 81.9 Å². The number of nitrogen functional groups attached to an aromatic ring is 1. The molecule has 0 atom stereocenters. The summed E-state index contributed by atoms with van der Waals surface area (Å²) in [5.74, 6) is -0.404. The van der Waals surface area contributed by atoms with E-state index < -0.39 is 12.1 Å². The first kappa shape index (κ1) is 16.8. The van der Waals surface area contributed by atoms with Gasteiger partial charge in [0.05, 0.1) is 25.3 Å². The molecule has 0 aromatic heterocycles. The van der Waals surface area contributed by atoms with Crippen LogP contribution in [0.2, 0.25) is 0 Å². The second-order valence-corrected chi connectivity index (χ2v) is 5.78. The lowest BCUT2D eigenvalue weighted by atomic mass is 10.0. The Morgan fingerprint density at radius 3 is 2.48 bits per heavy atom. The minimum atomic E-state index is -0.436. The first-order valence-corrected chi connectivity index (χ1v) is 8.13. The zero-order valence-electron chi connectivity index (χ0n) is 14.0. The third kappa shape index (κ3) is 3.57. The summed E-state index contributed by atoms with van der Waals surface area (Å²) in [6.07, 6.45) is -0.436. The van der Waals surface area contributed by atoms with E-state index in [1.807, 2.05) is 30.3 Å². The van der Waals surface area contributed by atoms with Gasteiger partial charge in [-0.2, -0.15) is 0 Å². The van der Waals surface area contributed by atoms with Crippen LogP contribution >= 0.6 is 0 Å². The molecule has 0 unspecified atom stereocenters. The van der Waals surface area contributed by atoms with Crippen LogP contribution in [0.5, 0.6) is 0 Å². The quantitative estimate of drug-likeness (QED) is 0.683. The number of carbonyl (C=O) groups is 2. The average Bonchev–Trinajstić information content (AvgIpc) is 3.07. The second-order valence-electron chi connectivity index (χ2n) is 5.78. The minimum Gasteiger partial charge on any atom is -0.462 e. The van der Waals surface area contributed by atoms with Crippen LogP contribution in [-0.4, -0.2) is 23.6 Å². The van der Waals surface area contributed by atoms with Crippen LogP contribution in [0.15, 0.2) is 42.5 Å². The molecule has 1 aliphatic rings. The zero-order chi connectivity index (χ0) is 17.8. The maximum atomic E-state index is 12.4. The van der Waals surface area contributed by atoms with Crippen LogP contribution in [0, 0.1) is 0 Å². The standard InChI is InChI=1S/C19H20N2O4/c1-2-24-18(22)14-8-9-17(20)16-11-21(10-15(14)16)19(23)25-12-13-6-4-3-5-7-13/h3-9H,2,10-12,20H2,1H3. The molecule has 2 aromatic rings. The van der Waals surface area contributed by atoms with Gasteiger partial charge in [0, 0.05) is 11.3 Å². The van der Waals surface area contributed by atoms with Crippen molar-refractivity contribution in [1.82, 2.24) is 4.90 Å². The third-order valence-electron chi connectivity index (χ3n) is 4.12. The summed E-state index contributed by atoms with van der Waals surface area (Å²) in [6, 6.07) is 12.8. The van der Waals surface area contributed by atoms with Crippen molar-refractivity contribution in [2.24, 2.45) is 0 Å². The molecule has 0 bridgehead atoms. The predicted molar refractivity (Wildman–Crippen MR) is 92.7 cm³/mol. The van der Waals surface area contributed by atoms with Crippen molar-refractivity contribution >= 4 is 17.7 Å². The fourth-order valence-electron chi connectivity index (χ4n) is 2.86. The highest BCUT2D eigenvalue weighted by Crippen LogP contribution is 2.31. The second kappa shape index (κ2) is 7.25. The minimum absolute atomic E-state index is 0.201. The van der Waals surface area contributed by atoms with Crippen molar-refractivity contribution < 1.29 is 19.1 Å². The molecule has 25 heavy (non-hydrogen) atoms. The number of anilines is 1. The van der Waals surface area contributed by atoms with Crippen molar-refractivity contribution in [1.29, 1.82) is 0 Å². The molecule has 2 aromatic carbocycles. The Morgan fingerprint density at radius 2 is 1.76 bits per heavy atom. The molecule has 1 aliphatic heterocycles. The Hall–Kier alpha value is -3.02. The van der Waals surface area contributed by atoms with E-state index in [9.17, 15) is 9.59 Å². The number of carbonyl (C=O) groups excluding carboxylic acids is 2. The number of amides is 1. The van der Waals surface area contributed by atoms with Gasteiger partial charge in [0.1, 0.15) is 6.61 Å². The molecule has 1 heterocycles. The molecule has 0 fully saturated rings. The lowest BCUT2D eigenvalue weighted by molar-refractivity contribution is 0.0523. The van der Waals surface area contributed by atoms with Crippen LogP contribution < -0.4 is 5.73 Å². The van der Waals surface area contributed by atoms with Crippen LogP contribution in [0.3, 0.4) is 0 Å². The number of hydrogen-bond donors (Lipinski definition) is 1. The molecule has 0 aliphatic carbocycles. The lowest BCUT2D eigenvalue weighted by Crippen LogP contribution is -2.26. The van der Waals surface area contributed by atoms with Crippen molar-refractivity contribution in [2.45, 2.75) is 26.6 Å². The van der Waals surface area contributed by atoms with Gasteiger partial charge in [0.2, 0.25) is 0 Å². The predicted octanol–water partition coefficient (Wildman–Crippen LogP) is 3.10. The van der Waals surface area contributed by atoms with Gasteiger partial charge in [0.15, 0.2) is 0 Å². The maximum Gasteiger partial charge on any atom is 0.410 e. The highest BCUT2D eigenvalue weighted by Gasteiger charge is 2.30. The SMILES string of the molecule is CCOC(=O)c1ccc(N)c2c1CN(C(=O)OCc1ccccc1)C2. The van der Waals surface area contributed by atoms with Gasteiger partial charge >= 0.3 is 12.1 Å². The molecule has 0 saturated carbocycles. The molecule has 1 amide bonds. The summed E-state index contributed by atoms with van der Waals surface area (Å²) in [7, 11) is 0. The summed E-state index contributed by atoms with van der Waals surface area (Å²) in [4.78, 5) is 26.0. The summed E-state index contributed by atoms with van der Waals surface area (Å²) in [5, 5.41) is 0. The molecular weight excluding hydrogens is 320 g/mol. The zero-order valence-corrected chi connectivity index (χ0v) is 14.0. The lowest BCUT2D eigenvalue weighted by Gasteiger charge is -2.15. The van der Waals surface area contributed by atoms with E-state index in [4.69, 9.17) is 15.2 Å². The molecule has 6 nitrogen and oxygen atoms in total. The third-order valence-corrected chi connectivity index (χ3v) is 4.12. The molecular formula is C19H20N2O4. The van der Waals surface area contributed by atoms with Gasteiger partial charge in [0.25, 0.3) is 0 Å². The van der Waals surface area contributed by atoms with E-state index in [-0.39, 0.29) is 13.2 Å². The molecule has 2 N–H and O–H groups in total. The molecule has 0 saturated heterocycles. The van der Waals surface area contributed by atoms with Crippen LogP contribution in [0.1, 0.15) is 34.0 Å². The molecule has 0 radical (unpaired) electrons. The smallest absolute Gasteiger partial charge is 0.410 e. The fourth-order valence-corrected chi connectivity index (χ4v) is 2.86. The first-order valence-electron chi connectivity index (χ1n) is 8.13. The Labute approximate surface area is 146 Å². The van der Waals surface area contributed by atoms with Gasteiger partial charge < -0.3 is 15.2 Å². The monoisotopic (exact) mass is 340 g/mol. The van der Waals surface area contributed by atoms with E-state index in [2.05, 4.69) is 0 Å². The number of benzene rings is 2. The Bertz CT molecular complexity index is 790. The van der Waals surface area contributed by atoms with E-state index in [1.165, 1.54) is 4.90 Å². The summed E-state index contributed by atoms with van der Waals surface area (Å²) in [6.45, 7) is 2.85. The fraction of sp³-hybridized carbons (Fsp3) is 0.263. The Balaban J connectivity index is 1.72. The maximum absolute atomic E-state index is 12.4. The van der Waals surface area contributed by atoms with Crippen LogP contribution in [0.25, 0.3) is 0 Å². The van der Waals surface area contributed by atoms with Gasteiger partial charge in [-0.3, -0.25) is 4.90 Å². The number of rotatable bonds is 4. The van der Waals surface area contributed by atoms with Gasteiger partial charge in [-0.15, -0.1) is 0 Å². The summed E-state index contributed by atoms with van der Waals surface area (Å²) >= 11 is 0. The van der Waals surface area contributed by atoms with Gasteiger partial charge in [-0.1, -0.05) is 30.3 Å². The van der Waals surface area contributed by atoms with Crippen molar-refractivity contribution in [3.8, 4) is 0 Å². The van der Waals surface area contributed by atoms with E-state index >= 15 is 0 Å². The summed E-state index contributed by atoms with van der Waals surface area (Å²) in [5.41, 5.74) is 9.44. The molecule has 0 spiro atoms. The number of hydrogen-bond acceptors (Lipinski definition) is 5. The number of esters is 1. The van der Waals surface area contributed by atoms with Gasteiger partial charge in [-0.25, -0.2) is 9.59 Å². The first-order chi connectivity index (χ1) is 12.1. The summed E-state index contributed by atoms with van der Waals surface area (Å²) < 4.78 is 10.4. The molecule has 3 rings (SSSR count). The average molecular weight is 340 g/mol. The van der Waals surface area contributed by atoms with Crippen LogP contribution in [-0.2, 0) is 29.2 Å². The number of nitrogens with zero attached hydrogens (tertiary/aromatic N) is 1. The van der Waals surface area contributed by atoms with Crippen molar-refractivity contribution in [2.75, 3.05) is 12.3 Å². The normalized spacial score (nSPS) is 12.6. The van der Waals surface area contributed by atoms with Crippen molar-refractivity contribution in [3.63, 3.8) is 0 Å². The molecule has 6 heteroatoms. The highest BCUT2D eigenvalue weighted by atomic mass is 16.6. The number of ether oxygens (including phenoxy) is 2. The van der Waals surface area contributed by atoms with Gasteiger partial charge in [-0.05, 0) is 30.2 Å². The van der Waals surface area contributed by atoms with E-state index in [0.717, 1.165) is 16.7 Å². The van der Waals surface area contributed by atoms with Crippen LogP contribution in [0.4, 0.5) is 10.5 Å². The highest BCUT2D eigenvalue weighted by molar-refractivity contribution is 5.93. The molecule has 130 valence electrons. The number of fused-ring (bicyclic) bond motifs is 1. The van der Waals surface area contributed by atoms with E-state index in [1.54, 1.807) is 19.1 Å². The number of nitrogens with two attached hydrogens (primary N) is 1. The Kier molecular flexibility index (Phi) is 4.88. The van der Waals surface area contributed by atoms with E-state index in [0.29, 0.717) is 24.4 Å².